The van der Waals surface area contributed by atoms with Crippen molar-refractivity contribution in [1.82, 2.24) is 4.90 Å². The summed E-state index contributed by atoms with van der Waals surface area (Å²) < 4.78 is 5.66. The van der Waals surface area contributed by atoms with Crippen molar-refractivity contribution in [3.05, 3.63) is 0 Å². The highest BCUT2D eigenvalue weighted by Crippen LogP contribution is 2.17. The van der Waals surface area contributed by atoms with Crippen molar-refractivity contribution in [1.29, 1.82) is 0 Å². The van der Waals surface area contributed by atoms with Gasteiger partial charge in [-0.3, -0.25) is 4.90 Å². The Morgan fingerprint density at radius 1 is 1.31 bits per heavy atom. The first-order valence-corrected chi connectivity index (χ1v) is 7.15. The normalized spacial score (nSPS) is 22.9. The van der Waals surface area contributed by atoms with Crippen molar-refractivity contribution in [3.8, 4) is 0 Å². The molecule has 1 aliphatic heterocycles. The van der Waals surface area contributed by atoms with Gasteiger partial charge in [-0.05, 0) is 31.7 Å². The average Bonchev–Trinajstić information content (AvgIpc) is 2.29. The third-order valence-electron chi connectivity index (χ3n) is 3.29. The lowest BCUT2D eigenvalue weighted by atomic mass is 10.0. The van der Waals surface area contributed by atoms with Gasteiger partial charge < -0.3 is 4.74 Å². The van der Waals surface area contributed by atoms with E-state index >= 15 is 0 Å². The molecule has 3 heteroatoms. The molecule has 0 aliphatic carbocycles. The molecule has 0 amide bonds. The number of rotatable bonds is 7. The molecule has 1 aliphatic rings. The summed E-state index contributed by atoms with van der Waals surface area (Å²) in [5.41, 5.74) is 0. The molecule has 96 valence electrons. The van der Waals surface area contributed by atoms with Crippen LogP contribution >= 0.6 is 11.6 Å². The van der Waals surface area contributed by atoms with Crippen molar-refractivity contribution in [3.63, 3.8) is 0 Å². The molecular weight excluding hydrogens is 222 g/mol. The molecular formula is C13H26ClNO. The van der Waals surface area contributed by atoms with Crippen LogP contribution in [0.3, 0.4) is 0 Å². The van der Waals surface area contributed by atoms with Crippen molar-refractivity contribution in [2.75, 3.05) is 32.2 Å². The first kappa shape index (κ1) is 14.3. The number of nitrogens with zero attached hydrogens (tertiary/aromatic N) is 1. The van der Waals surface area contributed by atoms with Crippen LogP contribution in [0, 0.1) is 5.92 Å². The molecule has 0 aromatic carbocycles. The van der Waals surface area contributed by atoms with E-state index in [0.717, 1.165) is 31.6 Å². The molecule has 1 atom stereocenters. The topological polar surface area (TPSA) is 12.5 Å². The van der Waals surface area contributed by atoms with Gasteiger partial charge in [-0.2, -0.15) is 0 Å². The average molecular weight is 248 g/mol. The second-order valence-electron chi connectivity index (χ2n) is 5.13. The second-order valence-corrected chi connectivity index (χ2v) is 5.44. The maximum absolute atomic E-state index is 5.97. The van der Waals surface area contributed by atoms with Crippen LogP contribution in [0.1, 0.15) is 39.5 Å². The van der Waals surface area contributed by atoms with Crippen LogP contribution in [0.15, 0.2) is 0 Å². The smallest absolute Gasteiger partial charge is 0.0593 e. The third-order valence-corrected chi connectivity index (χ3v) is 3.65. The standard InChI is InChI=1S/C13H26ClNO/c1-12(2)6-9-16-10-8-15-7-4-3-5-13(15)11-14/h12-13H,3-11H2,1-2H3. The summed E-state index contributed by atoms with van der Waals surface area (Å²) in [6, 6.07) is 0.587. The number of halogens is 1. The molecule has 0 N–H and O–H groups in total. The van der Waals surface area contributed by atoms with Crippen LogP contribution in [-0.4, -0.2) is 43.1 Å². The summed E-state index contributed by atoms with van der Waals surface area (Å²) in [5, 5.41) is 0. The Hall–Kier alpha value is 0.210. The van der Waals surface area contributed by atoms with E-state index in [9.17, 15) is 0 Å². The third kappa shape index (κ3) is 5.51. The zero-order valence-corrected chi connectivity index (χ0v) is 11.5. The molecule has 0 saturated carbocycles. The highest BCUT2D eigenvalue weighted by atomic mass is 35.5. The Morgan fingerprint density at radius 2 is 2.12 bits per heavy atom. The zero-order chi connectivity index (χ0) is 11.8. The Morgan fingerprint density at radius 3 is 2.81 bits per heavy atom. The highest BCUT2D eigenvalue weighted by molar-refractivity contribution is 6.18. The van der Waals surface area contributed by atoms with Gasteiger partial charge in [0.15, 0.2) is 0 Å². The van der Waals surface area contributed by atoms with E-state index in [1.54, 1.807) is 0 Å². The zero-order valence-electron chi connectivity index (χ0n) is 10.8. The van der Waals surface area contributed by atoms with Crippen LogP contribution in [-0.2, 0) is 4.74 Å². The lowest BCUT2D eigenvalue weighted by Crippen LogP contribution is -2.42. The lowest BCUT2D eigenvalue weighted by Gasteiger charge is -2.34. The van der Waals surface area contributed by atoms with Gasteiger partial charge in [0, 0.05) is 25.1 Å². The van der Waals surface area contributed by atoms with Crippen LogP contribution in [0.2, 0.25) is 0 Å². The van der Waals surface area contributed by atoms with Gasteiger partial charge in [0.2, 0.25) is 0 Å². The minimum atomic E-state index is 0.587. The molecule has 1 fully saturated rings. The number of hydrogen-bond acceptors (Lipinski definition) is 2. The molecule has 0 radical (unpaired) electrons. The fourth-order valence-corrected chi connectivity index (χ4v) is 2.48. The van der Waals surface area contributed by atoms with Gasteiger partial charge >= 0.3 is 0 Å². The number of ether oxygens (including phenoxy) is 1. The van der Waals surface area contributed by atoms with Gasteiger partial charge in [0.1, 0.15) is 0 Å². The first-order valence-electron chi connectivity index (χ1n) is 6.61. The van der Waals surface area contributed by atoms with Gasteiger partial charge in [0.25, 0.3) is 0 Å². The Bertz CT molecular complexity index is 175. The SMILES string of the molecule is CC(C)CCOCCN1CCCCC1CCl. The fraction of sp³-hybridized carbons (Fsp3) is 1.00. The maximum atomic E-state index is 5.97. The fourth-order valence-electron chi connectivity index (χ4n) is 2.13. The number of likely N-dealkylation sites (tertiary alicyclic amines) is 1. The first-order chi connectivity index (χ1) is 7.74. The Labute approximate surface area is 105 Å². The lowest BCUT2D eigenvalue weighted by molar-refractivity contribution is 0.0725. The van der Waals surface area contributed by atoms with Crippen molar-refractivity contribution >= 4 is 11.6 Å². The Balaban J connectivity index is 2.06. The van der Waals surface area contributed by atoms with E-state index in [0.29, 0.717) is 6.04 Å². The minimum absolute atomic E-state index is 0.587. The van der Waals surface area contributed by atoms with Gasteiger partial charge in [-0.25, -0.2) is 0 Å². The predicted octanol–water partition coefficient (Wildman–Crippen LogP) is 3.14. The van der Waals surface area contributed by atoms with E-state index in [-0.39, 0.29) is 0 Å². The predicted molar refractivity (Wildman–Crippen MR) is 70.2 cm³/mol. The molecule has 0 spiro atoms. The van der Waals surface area contributed by atoms with E-state index in [1.807, 2.05) is 0 Å². The highest BCUT2D eigenvalue weighted by Gasteiger charge is 2.20. The Kier molecular flexibility index (Phi) is 7.42. The largest absolute Gasteiger partial charge is 0.380 e. The summed E-state index contributed by atoms with van der Waals surface area (Å²) in [4.78, 5) is 2.49. The summed E-state index contributed by atoms with van der Waals surface area (Å²) in [7, 11) is 0. The van der Waals surface area contributed by atoms with Gasteiger partial charge in [-0.1, -0.05) is 20.3 Å². The maximum Gasteiger partial charge on any atom is 0.0593 e. The molecule has 0 bridgehead atoms. The molecule has 1 saturated heterocycles. The van der Waals surface area contributed by atoms with Crippen LogP contribution in [0.5, 0.6) is 0 Å². The molecule has 0 aromatic rings. The van der Waals surface area contributed by atoms with Crippen molar-refractivity contribution in [2.45, 2.75) is 45.6 Å². The quantitative estimate of drug-likeness (QED) is 0.506. The molecule has 1 unspecified atom stereocenters. The van der Waals surface area contributed by atoms with Gasteiger partial charge in [-0.15, -0.1) is 11.6 Å². The molecule has 1 heterocycles. The molecule has 2 nitrogen and oxygen atoms in total. The van der Waals surface area contributed by atoms with Crippen LogP contribution in [0.25, 0.3) is 0 Å². The van der Waals surface area contributed by atoms with Crippen LogP contribution < -0.4 is 0 Å². The minimum Gasteiger partial charge on any atom is -0.380 e. The number of alkyl halides is 1. The number of hydrogen-bond donors (Lipinski definition) is 0. The van der Waals surface area contributed by atoms with Crippen molar-refractivity contribution < 1.29 is 4.74 Å². The second kappa shape index (κ2) is 8.32. The van der Waals surface area contributed by atoms with Gasteiger partial charge in [0.05, 0.1) is 6.61 Å². The summed E-state index contributed by atoms with van der Waals surface area (Å²) in [6.45, 7) is 8.48. The summed E-state index contributed by atoms with van der Waals surface area (Å²) >= 11 is 5.97. The van der Waals surface area contributed by atoms with Crippen molar-refractivity contribution in [2.24, 2.45) is 5.92 Å². The van der Waals surface area contributed by atoms with Crippen LogP contribution in [0.4, 0.5) is 0 Å². The van der Waals surface area contributed by atoms with E-state index < -0.39 is 0 Å². The summed E-state index contributed by atoms with van der Waals surface area (Å²) in [6.07, 6.45) is 5.08. The molecule has 0 aromatic heterocycles. The monoisotopic (exact) mass is 247 g/mol. The summed E-state index contributed by atoms with van der Waals surface area (Å²) in [5.74, 6) is 1.51. The van der Waals surface area contributed by atoms with E-state index in [2.05, 4.69) is 18.7 Å². The number of piperidine rings is 1. The molecule has 16 heavy (non-hydrogen) atoms. The van der Waals surface area contributed by atoms with E-state index in [4.69, 9.17) is 16.3 Å². The van der Waals surface area contributed by atoms with E-state index in [1.165, 1.54) is 32.2 Å². The molecule has 1 rings (SSSR count).